The Morgan fingerprint density at radius 1 is 1.40 bits per heavy atom. The van der Waals surface area contributed by atoms with Gasteiger partial charge in [-0.05, 0) is 17.3 Å². The van der Waals surface area contributed by atoms with E-state index in [0.717, 1.165) is 17.3 Å². The Bertz CT molecular complexity index is 85.1. The zero-order valence-electron chi connectivity index (χ0n) is 6.01. The molecule has 0 aliphatic carbocycles. The van der Waals surface area contributed by atoms with Crippen molar-refractivity contribution in [2.45, 2.75) is 25.2 Å². The Hall–Kier alpha value is 0.610. The number of methoxy groups -OCH3 is 1. The molecule has 0 atom stereocenters. The highest BCUT2D eigenvalue weighted by atomic mass is 127. The van der Waals surface area contributed by atoms with Crippen LogP contribution in [0.2, 0.25) is 0 Å². The first kappa shape index (κ1) is 10.6. The van der Waals surface area contributed by atoms with Crippen LogP contribution in [0.4, 0.5) is 0 Å². The number of hydrogen-bond donors (Lipinski definition) is 2. The van der Waals surface area contributed by atoms with Gasteiger partial charge >= 0.3 is 0 Å². The van der Waals surface area contributed by atoms with Gasteiger partial charge in [0.1, 0.15) is 0 Å². The monoisotopic (exact) mass is 260 g/mol. The molecule has 0 fully saturated rings. The molecule has 0 amide bonds. The van der Waals surface area contributed by atoms with Crippen molar-refractivity contribution in [2.75, 3.05) is 11.5 Å². The molecule has 3 nitrogen and oxygen atoms in total. The van der Waals surface area contributed by atoms with Crippen LogP contribution < -0.4 is 0 Å². The molecule has 0 aliphatic rings. The lowest BCUT2D eigenvalue weighted by Gasteiger charge is -2.18. The van der Waals surface area contributed by atoms with Gasteiger partial charge in [-0.1, -0.05) is 22.6 Å². The predicted octanol–water partition coefficient (Wildman–Crippen LogP) is 0.876. The Labute approximate surface area is 74.5 Å². The normalized spacial score (nSPS) is 12.0. The largest absolute Gasteiger partial charge is 0.343 e. The molecule has 0 aromatic rings. The lowest BCUT2D eigenvalue weighted by atomic mass is 10.2. The fourth-order valence-electron chi connectivity index (χ4n) is 0.552. The van der Waals surface area contributed by atoms with Crippen LogP contribution in [-0.2, 0) is 4.74 Å². The van der Waals surface area contributed by atoms with Crippen molar-refractivity contribution in [1.29, 1.82) is 0 Å². The van der Waals surface area contributed by atoms with Crippen molar-refractivity contribution in [1.82, 2.24) is 0 Å². The molecule has 0 saturated heterocycles. The Kier molecular flexibility index (Phi) is 5.61. The summed E-state index contributed by atoms with van der Waals surface area (Å²) < 4.78 is 5.43. The summed E-state index contributed by atoms with van der Waals surface area (Å²) in [6.45, 7) is 0. The third-order valence-electron chi connectivity index (χ3n) is 1.21. The standard InChI is InChI=1S/C6H13IO3/c1-10-6(8,9)4-2-3-5-7/h8-9H,2-5H2,1H3. The van der Waals surface area contributed by atoms with E-state index in [1.165, 1.54) is 7.11 Å². The van der Waals surface area contributed by atoms with Crippen molar-refractivity contribution in [3.63, 3.8) is 0 Å². The topological polar surface area (TPSA) is 49.7 Å². The third kappa shape index (κ3) is 5.40. The molecule has 0 bridgehead atoms. The second-order valence-corrected chi connectivity index (χ2v) is 3.17. The quantitative estimate of drug-likeness (QED) is 0.334. The molecule has 0 heterocycles. The second kappa shape index (κ2) is 5.29. The number of ether oxygens (including phenoxy) is 1. The molecule has 0 rings (SSSR count). The van der Waals surface area contributed by atoms with Crippen LogP contribution in [0.1, 0.15) is 19.3 Å². The van der Waals surface area contributed by atoms with Gasteiger partial charge in [0.15, 0.2) is 0 Å². The van der Waals surface area contributed by atoms with E-state index in [0.29, 0.717) is 0 Å². The number of alkyl halides is 1. The maximum Gasteiger partial charge on any atom is 0.277 e. The van der Waals surface area contributed by atoms with E-state index in [9.17, 15) is 0 Å². The van der Waals surface area contributed by atoms with Gasteiger partial charge in [0.2, 0.25) is 0 Å². The average Bonchev–Trinajstić information content (AvgIpc) is 1.89. The summed E-state index contributed by atoms with van der Waals surface area (Å²) in [6.07, 6.45) is 2.06. The molecule has 0 aromatic heterocycles. The zero-order valence-corrected chi connectivity index (χ0v) is 8.17. The zero-order chi connectivity index (χ0) is 8.04. The van der Waals surface area contributed by atoms with E-state index in [1.807, 2.05) is 0 Å². The van der Waals surface area contributed by atoms with E-state index in [2.05, 4.69) is 27.3 Å². The summed E-state index contributed by atoms with van der Waals surface area (Å²) in [6, 6.07) is 0. The van der Waals surface area contributed by atoms with Gasteiger partial charge in [0.25, 0.3) is 5.97 Å². The minimum atomic E-state index is -1.91. The van der Waals surface area contributed by atoms with Gasteiger partial charge in [-0.25, -0.2) is 0 Å². The summed E-state index contributed by atoms with van der Waals surface area (Å²) in [4.78, 5) is 0. The minimum Gasteiger partial charge on any atom is -0.343 e. The summed E-state index contributed by atoms with van der Waals surface area (Å²) in [5.74, 6) is -1.91. The highest BCUT2D eigenvalue weighted by Gasteiger charge is 2.20. The SMILES string of the molecule is COC(O)(O)CCCCI. The summed E-state index contributed by atoms with van der Waals surface area (Å²) in [5.41, 5.74) is 0. The minimum absolute atomic E-state index is 0.284. The number of unbranched alkanes of at least 4 members (excludes halogenated alkanes) is 1. The predicted molar refractivity (Wildman–Crippen MR) is 46.9 cm³/mol. The lowest BCUT2D eigenvalue weighted by molar-refractivity contribution is -0.329. The van der Waals surface area contributed by atoms with Gasteiger partial charge in [-0.3, -0.25) is 0 Å². The summed E-state index contributed by atoms with van der Waals surface area (Å²) in [5, 5.41) is 17.8. The van der Waals surface area contributed by atoms with Crippen molar-refractivity contribution >= 4 is 22.6 Å². The van der Waals surface area contributed by atoms with Gasteiger partial charge < -0.3 is 14.9 Å². The molecule has 0 aliphatic heterocycles. The van der Waals surface area contributed by atoms with E-state index in [1.54, 1.807) is 0 Å². The summed E-state index contributed by atoms with van der Waals surface area (Å²) in [7, 11) is 1.28. The van der Waals surface area contributed by atoms with Crippen LogP contribution in [-0.4, -0.2) is 27.7 Å². The van der Waals surface area contributed by atoms with Crippen LogP contribution >= 0.6 is 22.6 Å². The lowest BCUT2D eigenvalue weighted by Crippen LogP contribution is -2.29. The molecule has 0 saturated carbocycles. The molecular formula is C6H13IO3. The van der Waals surface area contributed by atoms with Crippen molar-refractivity contribution < 1.29 is 14.9 Å². The number of hydrogen-bond acceptors (Lipinski definition) is 3. The van der Waals surface area contributed by atoms with Gasteiger partial charge in [0.05, 0.1) is 0 Å². The highest BCUT2D eigenvalue weighted by Crippen LogP contribution is 2.11. The molecule has 0 spiro atoms. The van der Waals surface area contributed by atoms with Crippen LogP contribution in [0.25, 0.3) is 0 Å². The molecular weight excluding hydrogens is 247 g/mol. The Morgan fingerprint density at radius 3 is 2.40 bits per heavy atom. The first-order valence-electron chi connectivity index (χ1n) is 3.18. The molecule has 0 unspecified atom stereocenters. The molecule has 4 heteroatoms. The maximum atomic E-state index is 8.88. The van der Waals surface area contributed by atoms with E-state index in [4.69, 9.17) is 10.2 Å². The van der Waals surface area contributed by atoms with Gasteiger partial charge in [-0.15, -0.1) is 0 Å². The third-order valence-corrected chi connectivity index (χ3v) is 1.98. The van der Waals surface area contributed by atoms with Crippen molar-refractivity contribution in [2.24, 2.45) is 0 Å². The van der Waals surface area contributed by atoms with Gasteiger partial charge in [0, 0.05) is 13.5 Å². The molecule has 2 N–H and O–H groups in total. The van der Waals surface area contributed by atoms with Crippen LogP contribution in [0.15, 0.2) is 0 Å². The smallest absolute Gasteiger partial charge is 0.277 e. The average molecular weight is 260 g/mol. The number of halogens is 1. The fraction of sp³-hybridized carbons (Fsp3) is 1.00. The molecule has 0 radical (unpaired) electrons. The highest BCUT2D eigenvalue weighted by molar-refractivity contribution is 14.1. The fourth-order valence-corrected chi connectivity index (χ4v) is 1.09. The van der Waals surface area contributed by atoms with Crippen molar-refractivity contribution in [3.05, 3.63) is 0 Å². The van der Waals surface area contributed by atoms with Crippen LogP contribution in [0.3, 0.4) is 0 Å². The van der Waals surface area contributed by atoms with Gasteiger partial charge in [-0.2, -0.15) is 0 Å². The molecule has 0 aromatic carbocycles. The summed E-state index contributed by atoms with van der Waals surface area (Å²) >= 11 is 2.25. The van der Waals surface area contributed by atoms with E-state index < -0.39 is 5.97 Å². The molecule has 10 heavy (non-hydrogen) atoms. The first-order valence-corrected chi connectivity index (χ1v) is 4.71. The van der Waals surface area contributed by atoms with Crippen LogP contribution in [0, 0.1) is 0 Å². The Morgan fingerprint density at radius 2 is 2.00 bits per heavy atom. The van der Waals surface area contributed by atoms with E-state index >= 15 is 0 Å². The number of aliphatic hydroxyl groups is 2. The Balaban J connectivity index is 3.28. The van der Waals surface area contributed by atoms with Crippen LogP contribution in [0.5, 0.6) is 0 Å². The molecule has 62 valence electrons. The first-order chi connectivity index (χ1) is 4.62. The second-order valence-electron chi connectivity index (χ2n) is 2.09. The number of rotatable bonds is 5. The maximum absolute atomic E-state index is 8.88. The van der Waals surface area contributed by atoms with E-state index in [-0.39, 0.29) is 6.42 Å². The van der Waals surface area contributed by atoms with Crippen molar-refractivity contribution in [3.8, 4) is 0 Å².